The zero-order valence-corrected chi connectivity index (χ0v) is 19.1. The molecule has 1 aliphatic heterocycles. The lowest BCUT2D eigenvalue weighted by atomic mass is 10.1. The van der Waals surface area contributed by atoms with E-state index in [1.165, 1.54) is 18.2 Å². The van der Waals surface area contributed by atoms with Crippen LogP contribution in [-0.2, 0) is 16.2 Å². The van der Waals surface area contributed by atoms with Crippen LogP contribution in [0.15, 0.2) is 72.3 Å². The van der Waals surface area contributed by atoms with Gasteiger partial charge in [0.25, 0.3) is 11.8 Å². The number of anilines is 1. The van der Waals surface area contributed by atoms with Gasteiger partial charge in [-0.2, -0.15) is 0 Å². The predicted molar refractivity (Wildman–Crippen MR) is 128 cm³/mol. The Hall–Kier alpha value is -3.32. The van der Waals surface area contributed by atoms with Crippen LogP contribution in [0.3, 0.4) is 0 Å². The molecule has 33 heavy (non-hydrogen) atoms. The molecular formula is C24H15Cl3N2O4. The van der Waals surface area contributed by atoms with Gasteiger partial charge < -0.3 is 4.74 Å². The van der Waals surface area contributed by atoms with Crippen molar-refractivity contribution in [2.45, 2.75) is 6.61 Å². The average molecular weight is 502 g/mol. The third-order valence-electron chi connectivity index (χ3n) is 4.81. The van der Waals surface area contributed by atoms with E-state index < -0.39 is 17.8 Å². The molecule has 1 heterocycles. The number of hydrogen-bond acceptors (Lipinski definition) is 4. The zero-order chi connectivity index (χ0) is 23.5. The quantitative estimate of drug-likeness (QED) is 0.349. The molecule has 1 fully saturated rings. The Morgan fingerprint density at radius 2 is 1.58 bits per heavy atom. The maximum absolute atomic E-state index is 13.1. The molecule has 0 bridgehead atoms. The van der Waals surface area contributed by atoms with Crippen LogP contribution in [-0.4, -0.2) is 17.8 Å². The Bertz CT molecular complexity index is 1310. The average Bonchev–Trinajstić information content (AvgIpc) is 2.78. The van der Waals surface area contributed by atoms with Crippen molar-refractivity contribution in [2.75, 3.05) is 4.90 Å². The van der Waals surface area contributed by atoms with E-state index in [0.29, 0.717) is 21.4 Å². The van der Waals surface area contributed by atoms with Crippen molar-refractivity contribution >= 4 is 64.4 Å². The number of carbonyl (C=O) groups excluding carboxylic acids is 3. The predicted octanol–water partition coefficient (Wildman–Crippen LogP) is 5.89. The molecule has 0 atom stereocenters. The summed E-state index contributed by atoms with van der Waals surface area (Å²) in [4.78, 5) is 38.9. The number of ether oxygens (including phenoxy) is 1. The van der Waals surface area contributed by atoms with Gasteiger partial charge in [0, 0.05) is 21.2 Å². The molecule has 3 aromatic rings. The SMILES string of the molecule is O=C1NC(=O)N(c2ccccc2Cl)C(=O)/C1=C/c1cc(Cl)ccc1OCc1ccccc1Cl. The van der Waals surface area contributed by atoms with E-state index in [-0.39, 0.29) is 22.9 Å². The van der Waals surface area contributed by atoms with Crippen molar-refractivity contribution in [3.63, 3.8) is 0 Å². The Balaban J connectivity index is 1.70. The minimum absolute atomic E-state index is 0.154. The fourth-order valence-electron chi connectivity index (χ4n) is 3.20. The van der Waals surface area contributed by atoms with Gasteiger partial charge in [0.1, 0.15) is 17.9 Å². The second kappa shape index (κ2) is 9.67. The lowest BCUT2D eigenvalue weighted by molar-refractivity contribution is -0.122. The Morgan fingerprint density at radius 3 is 2.30 bits per heavy atom. The summed E-state index contributed by atoms with van der Waals surface area (Å²) in [5, 5.41) is 3.26. The maximum Gasteiger partial charge on any atom is 0.335 e. The van der Waals surface area contributed by atoms with Crippen LogP contribution in [0, 0.1) is 0 Å². The molecule has 4 amide bonds. The van der Waals surface area contributed by atoms with Gasteiger partial charge in [0.05, 0.1) is 10.7 Å². The van der Waals surface area contributed by atoms with Crippen LogP contribution in [0.5, 0.6) is 5.75 Å². The molecule has 3 aromatic carbocycles. The van der Waals surface area contributed by atoms with Crippen molar-refractivity contribution in [1.82, 2.24) is 5.32 Å². The summed E-state index contributed by atoms with van der Waals surface area (Å²) in [6, 6.07) is 17.4. The van der Waals surface area contributed by atoms with Crippen LogP contribution in [0.4, 0.5) is 10.5 Å². The molecule has 1 N–H and O–H groups in total. The molecule has 9 heteroatoms. The lowest BCUT2D eigenvalue weighted by Gasteiger charge is -2.27. The van der Waals surface area contributed by atoms with Crippen molar-refractivity contribution in [3.05, 3.63) is 98.5 Å². The number of hydrogen-bond donors (Lipinski definition) is 1. The molecule has 1 saturated heterocycles. The van der Waals surface area contributed by atoms with Gasteiger partial charge in [-0.3, -0.25) is 14.9 Å². The summed E-state index contributed by atoms with van der Waals surface area (Å²) >= 11 is 18.5. The monoisotopic (exact) mass is 500 g/mol. The number of para-hydroxylation sites is 1. The van der Waals surface area contributed by atoms with E-state index in [1.54, 1.807) is 36.4 Å². The number of nitrogens with zero attached hydrogens (tertiary/aromatic N) is 1. The molecular weight excluding hydrogens is 487 g/mol. The third-order valence-corrected chi connectivity index (χ3v) is 5.73. The molecule has 0 aliphatic carbocycles. The summed E-state index contributed by atoms with van der Waals surface area (Å²) in [6.07, 6.45) is 1.32. The molecule has 0 radical (unpaired) electrons. The van der Waals surface area contributed by atoms with Gasteiger partial charge in [-0.05, 0) is 42.5 Å². The van der Waals surface area contributed by atoms with E-state index in [9.17, 15) is 14.4 Å². The zero-order valence-electron chi connectivity index (χ0n) is 16.8. The molecule has 0 aromatic heterocycles. The number of nitrogens with one attached hydrogen (secondary N) is 1. The molecule has 4 rings (SSSR count). The summed E-state index contributed by atoms with van der Waals surface area (Å²) in [5.41, 5.74) is 1.01. The molecule has 6 nitrogen and oxygen atoms in total. The highest BCUT2D eigenvalue weighted by Gasteiger charge is 2.37. The highest BCUT2D eigenvalue weighted by Crippen LogP contribution is 2.31. The molecule has 1 aliphatic rings. The third kappa shape index (κ3) is 4.88. The number of benzene rings is 3. The van der Waals surface area contributed by atoms with E-state index in [0.717, 1.165) is 10.5 Å². The summed E-state index contributed by atoms with van der Waals surface area (Å²) in [7, 11) is 0. The number of urea groups is 1. The van der Waals surface area contributed by atoms with Gasteiger partial charge >= 0.3 is 6.03 Å². The summed E-state index contributed by atoms with van der Waals surface area (Å²) < 4.78 is 5.89. The van der Waals surface area contributed by atoms with E-state index >= 15 is 0 Å². The number of amides is 4. The van der Waals surface area contributed by atoms with E-state index in [2.05, 4.69) is 5.32 Å². The van der Waals surface area contributed by atoms with Crippen LogP contribution >= 0.6 is 34.8 Å². The first-order valence-electron chi connectivity index (χ1n) is 9.67. The van der Waals surface area contributed by atoms with Crippen molar-refractivity contribution in [1.29, 1.82) is 0 Å². The first-order chi connectivity index (χ1) is 15.8. The first kappa shape index (κ1) is 22.9. The number of barbiturate groups is 1. The Kier molecular flexibility index (Phi) is 6.70. The highest BCUT2D eigenvalue weighted by molar-refractivity contribution is 6.42. The second-order valence-corrected chi connectivity index (χ2v) is 8.22. The van der Waals surface area contributed by atoms with Gasteiger partial charge in [0.15, 0.2) is 0 Å². The maximum atomic E-state index is 13.1. The molecule has 0 saturated carbocycles. The van der Waals surface area contributed by atoms with Crippen LogP contribution in [0.25, 0.3) is 6.08 Å². The Labute approximate surface area is 204 Å². The van der Waals surface area contributed by atoms with Crippen LogP contribution in [0.1, 0.15) is 11.1 Å². The normalized spacial score (nSPS) is 15.1. The highest BCUT2D eigenvalue weighted by atomic mass is 35.5. The van der Waals surface area contributed by atoms with E-state index in [4.69, 9.17) is 39.5 Å². The lowest BCUT2D eigenvalue weighted by Crippen LogP contribution is -2.54. The van der Waals surface area contributed by atoms with Crippen molar-refractivity contribution < 1.29 is 19.1 Å². The van der Waals surface area contributed by atoms with Crippen molar-refractivity contribution in [2.24, 2.45) is 0 Å². The number of imide groups is 2. The van der Waals surface area contributed by atoms with E-state index in [1.807, 2.05) is 18.2 Å². The Morgan fingerprint density at radius 1 is 0.879 bits per heavy atom. The standard InChI is InChI=1S/C24H15Cl3N2O4/c25-16-9-10-21(33-13-14-5-1-2-6-18(14)26)15(11-16)12-17-22(30)28-24(32)29(23(17)31)20-8-4-3-7-19(20)27/h1-12H,13H2,(H,28,30,32)/b17-12+. The molecule has 0 spiro atoms. The van der Waals surface area contributed by atoms with Gasteiger partial charge in [-0.25, -0.2) is 9.69 Å². The first-order valence-corrected chi connectivity index (χ1v) is 10.8. The van der Waals surface area contributed by atoms with Crippen molar-refractivity contribution in [3.8, 4) is 5.75 Å². The van der Waals surface area contributed by atoms with Gasteiger partial charge in [0.2, 0.25) is 0 Å². The molecule has 166 valence electrons. The molecule has 0 unspecified atom stereocenters. The number of halogens is 3. The van der Waals surface area contributed by atoms with Crippen LogP contribution in [0.2, 0.25) is 15.1 Å². The van der Waals surface area contributed by atoms with Crippen LogP contribution < -0.4 is 15.0 Å². The summed E-state index contributed by atoms with van der Waals surface area (Å²) in [5.74, 6) is -1.30. The number of carbonyl (C=O) groups is 3. The fraction of sp³-hybridized carbons (Fsp3) is 0.0417. The minimum atomic E-state index is -0.892. The fourth-order valence-corrected chi connectivity index (χ4v) is 3.79. The number of rotatable bonds is 5. The van der Waals surface area contributed by atoms with Gasteiger partial charge in [-0.1, -0.05) is 65.1 Å². The second-order valence-electron chi connectivity index (χ2n) is 6.97. The topological polar surface area (TPSA) is 75.7 Å². The minimum Gasteiger partial charge on any atom is -0.488 e. The largest absolute Gasteiger partial charge is 0.488 e. The van der Waals surface area contributed by atoms with Gasteiger partial charge in [-0.15, -0.1) is 0 Å². The smallest absolute Gasteiger partial charge is 0.335 e. The summed E-state index contributed by atoms with van der Waals surface area (Å²) in [6.45, 7) is 0.155.